The van der Waals surface area contributed by atoms with Crippen molar-refractivity contribution in [1.29, 1.82) is 0 Å². The van der Waals surface area contributed by atoms with Crippen LogP contribution in [0.3, 0.4) is 0 Å². The number of rotatable bonds is 7. The molecule has 1 amide bonds. The van der Waals surface area contributed by atoms with Gasteiger partial charge in [0.1, 0.15) is 0 Å². The van der Waals surface area contributed by atoms with Crippen molar-refractivity contribution in [2.75, 3.05) is 27.2 Å². The molecule has 2 aromatic carbocycles. The minimum atomic E-state index is 0.0501. The Hall–Kier alpha value is -2.92. The molecule has 28 heavy (non-hydrogen) atoms. The van der Waals surface area contributed by atoms with Crippen LogP contribution in [-0.4, -0.2) is 52.7 Å². The van der Waals surface area contributed by atoms with E-state index in [1.807, 2.05) is 81.6 Å². The normalized spacial score (nSPS) is 11.0. The van der Waals surface area contributed by atoms with E-state index in [0.717, 1.165) is 28.9 Å². The van der Waals surface area contributed by atoms with Gasteiger partial charge >= 0.3 is 0 Å². The van der Waals surface area contributed by atoms with Gasteiger partial charge in [-0.2, -0.15) is 5.10 Å². The van der Waals surface area contributed by atoms with E-state index >= 15 is 0 Å². The molecule has 146 valence electrons. The van der Waals surface area contributed by atoms with Gasteiger partial charge in [-0.3, -0.25) is 9.48 Å². The summed E-state index contributed by atoms with van der Waals surface area (Å²) < 4.78 is 1.80. The molecule has 0 aliphatic carbocycles. The third-order valence-corrected chi connectivity index (χ3v) is 4.75. The Kier molecular flexibility index (Phi) is 6.26. The molecule has 0 N–H and O–H groups in total. The highest BCUT2D eigenvalue weighted by Gasteiger charge is 2.17. The monoisotopic (exact) mass is 376 g/mol. The molecule has 0 atom stereocenters. The van der Waals surface area contributed by atoms with E-state index in [-0.39, 0.29) is 5.91 Å². The predicted molar refractivity (Wildman–Crippen MR) is 113 cm³/mol. The summed E-state index contributed by atoms with van der Waals surface area (Å²) in [7, 11) is 5.96. The minimum Gasteiger partial charge on any atom is -0.333 e. The van der Waals surface area contributed by atoms with E-state index in [1.165, 1.54) is 0 Å². The average molecular weight is 377 g/mol. The maximum absolute atomic E-state index is 13.3. The summed E-state index contributed by atoms with van der Waals surface area (Å²) in [5.74, 6) is 0.0501. The summed E-state index contributed by atoms with van der Waals surface area (Å²) in [6.45, 7) is 4.09. The SMILES string of the molecule is Cc1nn(C)cc1-c1cccc(C(=O)N(CCN(C)C)Cc2ccccc2)c1. The molecule has 0 saturated heterocycles. The Morgan fingerprint density at radius 1 is 1.04 bits per heavy atom. The zero-order valence-corrected chi connectivity index (χ0v) is 17.1. The summed E-state index contributed by atoms with van der Waals surface area (Å²) in [5, 5.41) is 4.42. The smallest absolute Gasteiger partial charge is 0.254 e. The highest BCUT2D eigenvalue weighted by molar-refractivity contribution is 5.95. The fourth-order valence-corrected chi connectivity index (χ4v) is 3.26. The van der Waals surface area contributed by atoms with Crippen molar-refractivity contribution in [3.8, 4) is 11.1 Å². The van der Waals surface area contributed by atoms with Gasteiger partial charge in [0, 0.05) is 44.0 Å². The number of carbonyl (C=O) groups is 1. The number of aromatic nitrogens is 2. The molecule has 0 bridgehead atoms. The second kappa shape index (κ2) is 8.85. The second-order valence-electron chi connectivity index (χ2n) is 7.40. The lowest BCUT2D eigenvalue weighted by atomic mass is 10.0. The van der Waals surface area contributed by atoms with Crippen LogP contribution in [0.5, 0.6) is 0 Å². The van der Waals surface area contributed by atoms with Crippen molar-refractivity contribution in [2.24, 2.45) is 7.05 Å². The van der Waals surface area contributed by atoms with Gasteiger partial charge in [0.25, 0.3) is 5.91 Å². The molecule has 0 saturated carbocycles. The fourth-order valence-electron chi connectivity index (χ4n) is 3.26. The number of amides is 1. The molecule has 5 nitrogen and oxygen atoms in total. The van der Waals surface area contributed by atoms with E-state index in [4.69, 9.17) is 0 Å². The number of benzene rings is 2. The van der Waals surface area contributed by atoms with Crippen molar-refractivity contribution < 1.29 is 4.79 Å². The van der Waals surface area contributed by atoms with Crippen molar-refractivity contribution in [1.82, 2.24) is 19.6 Å². The maximum atomic E-state index is 13.3. The van der Waals surface area contributed by atoms with Crippen LogP contribution in [-0.2, 0) is 13.6 Å². The van der Waals surface area contributed by atoms with E-state index in [9.17, 15) is 4.79 Å². The van der Waals surface area contributed by atoms with Gasteiger partial charge in [-0.25, -0.2) is 0 Å². The van der Waals surface area contributed by atoms with Crippen LogP contribution >= 0.6 is 0 Å². The Morgan fingerprint density at radius 3 is 2.43 bits per heavy atom. The Balaban J connectivity index is 1.87. The number of nitrogens with zero attached hydrogens (tertiary/aromatic N) is 4. The average Bonchev–Trinajstić information content (AvgIpc) is 3.03. The zero-order chi connectivity index (χ0) is 20.1. The lowest BCUT2D eigenvalue weighted by molar-refractivity contribution is 0.0732. The second-order valence-corrected chi connectivity index (χ2v) is 7.40. The lowest BCUT2D eigenvalue weighted by Crippen LogP contribution is -2.36. The summed E-state index contributed by atoms with van der Waals surface area (Å²) in [6.07, 6.45) is 1.99. The van der Waals surface area contributed by atoms with Crippen LogP contribution in [0.1, 0.15) is 21.6 Å². The predicted octanol–water partition coefficient (Wildman–Crippen LogP) is 3.60. The number of likely N-dealkylation sites (N-methyl/N-ethyl adjacent to an activating group) is 1. The van der Waals surface area contributed by atoms with Gasteiger partial charge < -0.3 is 9.80 Å². The van der Waals surface area contributed by atoms with Crippen molar-refractivity contribution in [2.45, 2.75) is 13.5 Å². The van der Waals surface area contributed by atoms with Gasteiger partial charge in [-0.15, -0.1) is 0 Å². The van der Waals surface area contributed by atoms with Gasteiger partial charge in [-0.05, 0) is 44.3 Å². The summed E-state index contributed by atoms with van der Waals surface area (Å²) in [4.78, 5) is 17.3. The first-order valence-corrected chi connectivity index (χ1v) is 9.52. The first-order valence-electron chi connectivity index (χ1n) is 9.52. The summed E-state index contributed by atoms with van der Waals surface area (Å²) in [6, 6.07) is 18.0. The van der Waals surface area contributed by atoms with Crippen LogP contribution < -0.4 is 0 Å². The number of hydrogen-bond acceptors (Lipinski definition) is 3. The summed E-state index contributed by atoms with van der Waals surface area (Å²) in [5.41, 5.74) is 4.87. The van der Waals surface area contributed by atoms with E-state index < -0.39 is 0 Å². The van der Waals surface area contributed by atoms with Gasteiger partial charge in [0.2, 0.25) is 0 Å². The molecule has 5 heteroatoms. The Morgan fingerprint density at radius 2 is 1.79 bits per heavy atom. The topological polar surface area (TPSA) is 41.4 Å². The number of aryl methyl sites for hydroxylation is 2. The third-order valence-electron chi connectivity index (χ3n) is 4.75. The molecular formula is C23H28N4O. The van der Waals surface area contributed by atoms with Gasteiger partial charge in [0.15, 0.2) is 0 Å². The maximum Gasteiger partial charge on any atom is 0.254 e. The highest BCUT2D eigenvalue weighted by atomic mass is 16.2. The molecule has 3 aromatic rings. The van der Waals surface area contributed by atoms with Crippen LogP contribution in [0, 0.1) is 6.92 Å². The number of carbonyl (C=O) groups excluding carboxylic acids is 1. The molecule has 0 aliphatic rings. The standard InChI is InChI=1S/C23H28N4O/c1-18-22(17-26(4)24-18)20-11-8-12-21(15-20)23(28)27(14-13-25(2)3)16-19-9-6-5-7-10-19/h5-12,15,17H,13-14,16H2,1-4H3. The molecule has 1 aromatic heterocycles. The van der Waals surface area contributed by atoms with E-state index in [2.05, 4.69) is 22.1 Å². The highest BCUT2D eigenvalue weighted by Crippen LogP contribution is 2.24. The molecular weight excluding hydrogens is 348 g/mol. The van der Waals surface area contributed by atoms with E-state index in [0.29, 0.717) is 18.7 Å². The zero-order valence-electron chi connectivity index (χ0n) is 17.1. The van der Waals surface area contributed by atoms with Crippen molar-refractivity contribution in [3.05, 3.63) is 77.6 Å². The summed E-state index contributed by atoms with van der Waals surface area (Å²) >= 11 is 0. The molecule has 0 fully saturated rings. The quantitative estimate of drug-likeness (QED) is 0.633. The van der Waals surface area contributed by atoms with Crippen molar-refractivity contribution in [3.63, 3.8) is 0 Å². The van der Waals surface area contributed by atoms with Gasteiger partial charge in [0.05, 0.1) is 5.69 Å². The molecule has 0 spiro atoms. The minimum absolute atomic E-state index is 0.0501. The fraction of sp³-hybridized carbons (Fsp3) is 0.304. The van der Waals surface area contributed by atoms with Crippen LogP contribution in [0.2, 0.25) is 0 Å². The van der Waals surface area contributed by atoms with Crippen LogP contribution in [0.4, 0.5) is 0 Å². The third kappa shape index (κ3) is 4.87. The Labute approximate surface area is 167 Å². The molecule has 0 radical (unpaired) electrons. The first kappa shape index (κ1) is 19.8. The molecule has 0 unspecified atom stereocenters. The molecule has 3 rings (SSSR count). The molecule has 0 aliphatic heterocycles. The van der Waals surface area contributed by atoms with Crippen LogP contribution in [0.25, 0.3) is 11.1 Å². The largest absolute Gasteiger partial charge is 0.333 e. The molecule has 1 heterocycles. The lowest BCUT2D eigenvalue weighted by Gasteiger charge is -2.25. The first-order chi connectivity index (χ1) is 13.4. The van der Waals surface area contributed by atoms with Gasteiger partial charge in [-0.1, -0.05) is 42.5 Å². The van der Waals surface area contributed by atoms with Crippen molar-refractivity contribution >= 4 is 5.91 Å². The van der Waals surface area contributed by atoms with Crippen LogP contribution in [0.15, 0.2) is 60.8 Å². The Bertz CT molecular complexity index is 931. The number of hydrogen-bond donors (Lipinski definition) is 0. The van der Waals surface area contributed by atoms with E-state index in [1.54, 1.807) is 4.68 Å².